The maximum Gasteiger partial charge on any atom is 0.250 e. The third kappa shape index (κ3) is 3.77. The summed E-state index contributed by atoms with van der Waals surface area (Å²) in [5.41, 5.74) is 2.08. The third-order valence-electron chi connectivity index (χ3n) is 2.44. The molecule has 1 heterocycles. The number of oxazole rings is 1. The lowest BCUT2D eigenvalue weighted by molar-refractivity contribution is -0.121. The summed E-state index contributed by atoms with van der Waals surface area (Å²) in [7, 11) is 1.58. The quantitative estimate of drug-likeness (QED) is 0.804. The fourth-order valence-electron chi connectivity index (χ4n) is 1.62. The maximum atomic E-state index is 11.6. The predicted octanol–water partition coefficient (Wildman–Crippen LogP) is 1.74. The first-order chi connectivity index (χ1) is 9.19. The summed E-state index contributed by atoms with van der Waals surface area (Å²) in [4.78, 5) is 15.8. The van der Waals surface area contributed by atoms with Gasteiger partial charge in [0.25, 0.3) is 0 Å². The van der Waals surface area contributed by atoms with Gasteiger partial charge in [-0.2, -0.15) is 0 Å². The first-order valence-electron chi connectivity index (χ1n) is 5.93. The first kappa shape index (κ1) is 13.5. The molecule has 19 heavy (non-hydrogen) atoms. The second kappa shape index (κ2) is 6.31. The Bertz CT molecular complexity index is 565. The van der Waals surface area contributed by atoms with Crippen LogP contribution in [0.3, 0.4) is 0 Å². The van der Waals surface area contributed by atoms with E-state index in [4.69, 9.17) is 13.9 Å². The summed E-state index contributed by atoms with van der Waals surface area (Å²) < 4.78 is 15.3. The third-order valence-corrected chi connectivity index (χ3v) is 2.44. The number of fused-ring (bicyclic) bond motifs is 1. The largest absolute Gasteiger partial charge is 0.441 e. The van der Waals surface area contributed by atoms with Crippen molar-refractivity contribution < 1.29 is 18.7 Å². The number of benzene rings is 1. The smallest absolute Gasteiger partial charge is 0.250 e. The Morgan fingerprint density at radius 3 is 3.05 bits per heavy atom. The lowest BCUT2D eigenvalue weighted by Gasteiger charge is -2.05. The average molecular weight is 264 g/mol. The normalized spacial score (nSPS) is 10.8. The van der Waals surface area contributed by atoms with Crippen molar-refractivity contribution in [1.29, 1.82) is 0 Å². The number of methoxy groups -OCH3 is 1. The van der Waals surface area contributed by atoms with Gasteiger partial charge in [-0.3, -0.25) is 4.79 Å². The molecule has 0 fully saturated rings. The van der Waals surface area contributed by atoms with Gasteiger partial charge in [-0.1, -0.05) is 0 Å². The number of hydrogen-bond donors (Lipinski definition) is 1. The fourth-order valence-corrected chi connectivity index (χ4v) is 1.62. The number of ether oxygens (including phenoxy) is 2. The molecule has 0 saturated heterocycles. The van der Waals surface area contributed by atoms with Crippen LogP contribution in [0.1, 0.15) is 5.89 Å². The van der Waals surface area contributed by atoms with Crippen LogP contribution < -0.4 is 5.32 Å². The molecular weight excluding hydrogens is 248 g/mol. The molecule has 1 aromatic carbocycles. The van der Waals surface area contributed by atoms with E-state index in [1.807, 2.05) is 0 Å². The van der Waals surface area contributed by atoms with E-state index in [1.165, 1.54) is 0 Å². The van der Waals surface area contributed by atoms with E-state index >= 15 is 0 Å². The van der Waals surface area contributed by atoms with Crippen molar-refractivity contribution in [2.24, 2.45) is 0 Å². The summed E-state index contributed by atoms with van der Waals surface area (Å²) in [5, 5.41) is 2.73. The average Bonchev–Trinajstić information content (AvgIpc) is 2.74. The van der Waals surface area contributed by atoms with Gasteiger partial charge < -0.3 is 19.2 Å². The van der Waals surface area contributed by atoms with Crippen molar-refractivity contribution in [3.8, 4) is 0 Å². The van der Waals surface area contributed by atoms with Crippen LogP contribution in [-0.4, -0.2) is 37.8 Å². The van der Waals surface area contributed by atoms with Crippen LogP contribution in [0.4, 0.5) is 5.69 Å². The van der Waals surface area contributed by atoms with Gasteiger partial charge in [0.2, 0.25) is 5.91 Å². The molecule has 6 heteroatoms. The molecule has 1 N–H and O–H groups in total. The highest BCUT2D eigenvalue weighted by molar-refractivity contribution is 5.93. The molecule has 2 rings (SSSR count). The molecule has 1 amide bonds. The molecule has 0 unspecified atom stereocenters. The summed E-state index contributed by atoms with van der Waals surface area (Å²) in [6, 6.07) is 5.31. The minimum absolute atomic E-state index is 0.00315. The monoisotopic (exact) mass is 264 g/mol. The lowest BCUT2D eigenvalue weighted by atomic mass is 10.3. The molecule has 0 atom stereocenters. The van der Waals surface area contributed by atoms with Crippen molar-refractivity contribution in [3.63, 3.8) is 0 Å². The van der Waals surface area contributed by atoms with E-state index in [0.717, 1.165) is 5.52 Å². The number of carbonyl (C=O) groups excluding carboxylic acids is 1. The zero-order valence-electron chi connectivity index (χ0n) is 10.9. The minimum atomic E-state index is -0.216. The number of amides is 1. The van der Waals surface area contributed by atoms with E-state index in [9.17, 15) is 4.79 Å². The zero-order chi connectivity index (χ0) is 13.7. The lowest BCUT2D eigenvalue weighted by Crippen LogP contribution is -2.19. The second-order valence-corrected chi connectivity index (χ2v) is 4.01. The number of nitrogens with one attached hydrogen (secondary N) is 1. The van der Waals surface area contributed by atoms with Crippen molar-refractivity contribution in [2.75, 3.05) is 32.2 Å². The Morgan fingerprint density at radius 2 is 2.26 bits per heavy atom. The van der Waals surface area contributed by atoms with Crippen molar-refractivity contribution in [1.82, 2.24) is 4.98 Å². The van der Waals surface area contributed by atoms with Gasteiger partial charge in [-0.25, -0.2) is 4.98 Å². The predicted molar refractivity (Wildman–Crippen MR) is 70.1 cm³/mol. The van der Waals surface area contributed by atoms with Crippen molar-refractivity contribution >= 4 is 22.7 Å². The standard InChI is InChI=1S/C13H16N2O4/c1-9-14-11-4-3-10(7-12(11)19-9)15-13(16)8-18-6-5-17-2/h3-4,7H,5-6,8H2,1-2H3,(H,15,16). The molecule has 0 aliphatic rings. The van der Waals surface area contributed by atoms with Crippen LogP contribution in [-0.2, 0) is 14.3 Å². The SMILES string of the molecule is COCCOCC(=O)Nc1ccc2nc(C)oc2c1. The van der Waals surface area contributed by atoms with Gasteiger partial charge in [-0.15, -0.1) is 0 Å². The summed E-state index contributed by atoms with van der Waals surface area (Å²) in [5.74, 6) is 0.382. The minimum Gasteiger partial charge on any atom is -0.441 e. The molecule has 0 saturated carbocycles. The Balaban J connectivity index is 1.91. The van der Waals surface area contributed by atoms with Crippen molar-refractivity contribution in [3.05, 3.63) is 24.1 Å². The first-order valence-corrected chi connectivity index (χ1v) is 5.93. The van der Waals surface area contributed by atoms with Crippen LogP contribution in [0.5, 0.6) is 0 Å². The van der Waals surface area contributed by atoms with Gasteiger partial charge >= 0.3 is 0 Å². The van der Waals surface area contributed by atoms with Crippen LogP contribution in [0.15, 0.2) is 22.6 Å². The van der Waals surface area contributed by atoms with Crippen molar-refractivity contribution in [2.45, 2.75) is 6.92 Å². The molecule has 102 valence electrons. The van der Waals surface area contributed by atoms with Gasteiger partial charge in [0.15, 0.2) is 11.5 Å². The molecule has 0 aliphatic heterocycles. The summed E-state index contributed by atoms with van der Waals surface area (Å²) >= 11 is 0. The Kier molecular flexibility index (Phi) is 4.48. The molecule has 1 aromatic heterocycles. The van der Waals surface area contributed by atoms with Gasteiger partial charge in [0.05, 0.1) is 13.2 Å². The Hall–Kier alpha value is -1.92. The van der Waals surface area contributed by atoms with Crippen LogP contribution in [0, 0.1) is 6.92 Å². The number of aromatic nitrogens is 1. The van der Waals surface area contributed by atoms with Gasteiger partial charge in [-0.05, 0) is 12.1 Å². The molecule has 0 spiro atoms. The van der Waals surface area contributed by atoms with E-state index in [2.05, 4.69) is 10.3 Å². The number of nitrogens with zero attached hydrogens (tertiary/aromatic N) is 1. The molecule has 0 radical (unpaired) electrons. The molecule has 6 nitrogen and oxygen atoms in total. The zero-order valence-corrected chi connectivity index (χ0v) is 10.9. The van der Waals surface area contributed by atoms with Gasteiger partial charge in [0.1, 0.15) is 12.1 Å². The van der Waals surface area contributed by atoms with Crippen LogP contribution in [0.2, 0.25) is 0 Å². The number of carbonyl (C=O) groups is 1. The topological polar surface area (TPSA) is 73.6 Å². The Labute approximate surface area is 110 Å². The number of anilines is 1. The number of hydrogen-bond acceptors (Lipinski definition) is 5. The molecule has 2 aromatic rings. The van der Waals surface area contributed by atoms with E-state index in [0.29, 0.717) is 30.4 Å². The highest BCUT2D eigenvalue weighted by atomic mass is 16.5. The maximum absolute atomic E-state index is 11.6. The highest BCUT2D eigenvalue weighted by Crippen LogP contribution is 2.19. The Morgan fingerprint density at radius 1 is 1.42 bits per heavy atom. The summed E-state index contributed by atoms with van der Waals surface area (Å²) in [6.07, 6.45) is 0. The van der Waals surface area contributed by atoms with Crippen LogP contribution in [0.25, 0.3) is 11.1 Å². The fraction of sp³-hybridized carbons (Fsp3) is 0.385. The van der Waals surface area contributed by atoms with E-state index in [1.54, 1.807) is 32.2 Å². The highest BCUT2D eigenvalue weighted by Gasteiger charge is 2.06. The summed E-state index contributed by atoms with van der Waals surface area (Å²) in [6.45, 7) is 2.64. The molecular formula is C13H16N2O4. The van der Waals surface area contributed by atoms with E-state index < -0.39 is 0 Å². The van der Waals surface area contributed by atoms with Gasteiger partial charge in [0, 0.05) is 25.8 Å². The number of aryl methyl sites for hydroxylation is 1. The van der Waals surface area contributed by atoms with Crippen LogP contribution >= 0.6 is 0 Å². The molecule has 0 aliphatic carbocycles. The number of rotatable bonds is 6. The second-order valence-electron chi connectivity index (χ2n) is 4.01. The molecule has 0 bridgehead atoms. The van der Waals surface area contributed by atoms with E-state index in [-0.39, 0.29) is 12.5 Å².